The number of aromatic nitrogens is 5. The van der Waals surface area contributed by atoms with Crippen molar-refractivity contribution in [3.05, 3.63) is 22.5 Å². The van der Waals surface area contributed by atoms with E-state index in [-0.39, 0.29) is 16.8 Å². The van der Waals surface area contributed by atoms with Crippen molar-refractivity contribution in [3.8, 4) is 0 Å². The summed E-state index contributed by atoms with van der Waals surface area (Å²) in [5.41, 5.74) is 2.51. The Morgan fingerprint density at radius 3 is 2.59 bits per heavy atom. The molecule has 0 aliphatic heterocycles. The van der Waals surface area contributed by atoms with Crippen LogP contribution in [0, 0.1) is 13.8 Å². The second kappa shape index (κ2) is 6.43. The minimum atomic E-state index is -0.354. The molecule has 0 saturated heterocycles. The van der Waals surface area contributed by atoms with Gasteiger partial charge in [-0.3, -0.25) is 9.59 Å². The van der Waals surface area contributed by atoms with Crippen molar-refractivity contribution in [2.45, 2.75) is 51.6 Å². The molecule has 0 saturated carbocycles. The number of tetrazole rings is 1. The number of aryl methyl sites for hydroxylation is 2. The molecule has 2 heterocycles. The van der Waals surface area contributed by atoms with Crippen LogP contribution in [0.2, 0.25) is 0 Å². The Morgan fingerprint density at radius 1 is 1.36 bits per heavy atom. The molecule has 0 aliphatic rings. The Hall–Kier alpha value is -1.96. The molecule has 22 heavy (non-hydrogen) atoms. The maximum Gasteiger partial charge on any atom is 0.210 e. The molecular formula is C14H19N5O2S. The monoisotopic (exact) mass is 321 g/mol. The first-order valence-corrected chi connectivity index (χ1v) is 7.91. The molecule has 2 rings (SSSR count). The minimum absolute atomic E-state index is 0.0412. The molecule has 7 nitrogen and oxygen atoms in total. The highest BCUT2D eigenvalue weighted by atomic mass is 32.2. The zero-order valence-electron chi connectivity index (χ0n) is 13.3. The van der Waals surface area contributed by atoms with Gasteiger partial charge in [0, 0.05) is 17.8 Å². The molecule has 1 unspecified atom stereocenters. The van der Waals surface area contributed by atoms with Crippen molar-refractivity contribution in [1.82, 2.24) is 25.2 Å². The highest BCUT2D eigenvalue weighted by Crippen LogP contribution is 2.26. The van der Waals surface area contributed by atoms with Crippen LogP contribution >= 0.6 is 11.8 Å². The number of thioether (sulfide) groups is 1. The molecule has 0 aliphatic carbocycles. The summed E-state index contributed by atoms with van der Waals surface area (Å²) < 4.78 is 1.64. The standard InChI is InChI=1S/C14H19N5O2S/c1-6-19-14(16-17-18-19)22-10(5)13(21)12-7(2)11(9(4)20)8(3)15-12/h10,15H,6H2,1-5H3. The lowest BCUT2D eigenvalue weighted by Gasteiger charge is -2.09. The van der Waals surface area contributed by atoms with E-state index in [1.54, 1.807) is 18.5 Å². The second-order valence-corrected chi connectivity index (χ2v) is 6.39. The fourth-order valence-corrected chi connectivity index (χ4v) is 3.33. The molecule has 118 valence electrons. The fourth-order valence-electron chi connectivity index (χ4n) is 2.42. The largest absolute Gasteiger partial charge is 0.355 e. The van der Waals surface area contributed by atoms with Gasteiger partial charge in [0.15, 0.2) is 11.6 Å². The number of hydrogen-bond acceptors (Lipinski definition) is 6. The van der Waals surface area contributed by atoms with E-state index in [9.17, 15) is 9.59 Å². The summed E-state index contributed by atoms with van der Waals surface area (Å²) in [5.74, 6) is -0.107. The predicted molar refractivity (Wildman–Crippen MR) is 83.4 cm³/mol. The summed E-state index contributed by atoms with van der Waals surface area (Å²) in [5, 5.41) is 11.6. The number of aromatic amines is 1. The molecule has 0 fully saturated rings. The van der Waals surface area contributed by atoms with Crippen molar-refractivity contribution in [2.75, 3.05) is 0 Å². The zero-order chi connectivity index (χ0) is 16.4. The fraction of sp³-hybridized carbons (Fsp3) is 0.500. The van der Waals surface area contributed by atoms with Gasteiger partial charge in [-0.15, -0.1) is 5.10 Å². The molecular weight excluding hydrogens is 302 g/mol. The molecule has 0 radical (unpaired) electrons. The van der Waals surface area contributed by atoms with E-state index in [0.29, 0.717) is 28.5 Å². The third-order valence-corrected chi connectivity index (χ3v) is 4.56. The molecule has 0 spiro atoms. The number of H-pyrrole nitrogens is 1. The van der Waals surface area contributed by atoms with Gasteiger partial charge in [-0.05, 0) is 50.6 Å². The van der Waals surface area contributed by atoms with Gasteiger partial charge in [0.2, 0.25) is 5.16 Å². The van der Waals surface area contributed by atoms with Crippen molar-refractivity contribution >= 4 is 23.3 Å². The number of rotatable bonds is 6. The van der Waals surface area contributed by atoms with E-state index in [2.05, 4.69) is 20.5 Å². The Bertz CT molecular complexity index is 719. The smallest absolute Gasteiger partial charge is 0.210 e. The van der Waals surface area contributed by atoms with Crippen LogP contribution in [0.4, 0.5) is 0 Å². The molecule has 0 aromatic carbocycles. The third-order valence-electron chi connectivity index (χ3n) is 3.49. The number of carbonyl (C=O) groups is 2. The number of nitrogens with one attached hydrogen (secondary N) is 1. The highest BCUT2D eigenvalue weighted by Gasteiger charge is 2.25. The van der Waals surface area contributed by atoms with Crippen LogP contribution in [0.1, 0.15) is 52.9 Å². The van der Waals surface area contributed by atoms with Gasteiger partial charge in [0.1, 0.15) is 0 Å². The van der Waals surface area contributed by atoms with Crippen LogP contribution in [-0.4, -0.2) is 42.0 Å². The van der Waals surface area contributed by atoms with E-state index in [1.807, 2.05) is 13.8 Å². The average molecular weight is 321 g/mol. The molecule has 8 heteroatoms. The summed E-state index contributed by atoms with van der Waals surface area (Å²) in [6, 6.07) is 0. The number of Topliss-reactive ketones (excluding diaryl/α,β-unsaturated/α-hetero) is 2. The number of nitrogens with zero attached hydrogens (tertiary/aromatic N) is 4. The van der Waals surface area contributed by atoms with Gasteiger partial charge in [-0.25, -0.2) is 4.68 Å². The van der Waals surface area contributed by atoms with Crippen LogP contribution in [-0.2, 0) is 6.54 Å². The van der Waals surface area contributed by atoms with Gasteiger partial charge in [0.25, 0.3) is 0 Å². The van der Waals surface area contributed by atoms with Crippen LogP contribution < -0.4 is 0 Å². The van der Waals surface area contributed by atoms with Crippen LogP contribution in [0.15, 0.2) is 5.16 Å². The zero-order valence-corrected chi connectivity index (χ0v) is 14.1. The van der Waals surface area contributed by atoms with Gasteiger partial charge in [-0.2, -0.15) is 0 Å². The molecule has 1 atom stereocenters. The lowest BCUT2D eigenvalue weighted by atomic mass is 10.0. The Morgan fingerprint density at radius 2 is 2.05 bits per heavy atom. The summed E-state index contributed by atoms with van der Waals surface area (Å²) in [4.78, 5) is 27.3. The molecule has 1 N–H and O–H groups in total. The van der Waals surface area contributed by atoms with Crippen LogP contribution in [0.5, 0.6) is 0 Å². The summed E-state index contributed by atoms with van der Waals surface area (Å²) in [6.45, 7) is 9.49. The van der Waals surface area contributed by atoms with E-state index in [0.717, 1.165) is 5.69 Å². The predicted octanol–water partition coefficient (Wildman–Crippen LogP) is 2.20. The van der Waals surface area contributed by atoms with Gasteiger partial charge in [0.05, 0.1) is 10.9 Å². The lowest BCUT2D eigenvalue weighted by Crippen LogP contribution is -2.16. The first-order chi connectivity index (χ1) is 10.4. The van der Waals surface area contributed by atoms with Crippen molar-refractivity contribution in [3.63, 3.8) is 0 Å². The van der Waals surface area contributed by atoms with E-state index in [4.69, 9.17) is 0 Å². The Labute approximate surface area is 132 Å². The SMILES string of the molecule is CCn1nnnc1SC(C)C(=O)c1[nH]c(C)c(C(C)=O)c1C. The maximum atomic E-state index is 12.6. The average Bonchev–Trinajstić information content (AvgIpc) is 3.01. The molecule has 2 aromatic heterocycles. The number of hydrogen-bond donors (Lipinski definition) is 1. The van der Waals surface area contributed by atoms with E-state index >= 15 is 0 Å². The topological polar surface area (TPSA) is 93.5 Å². The Kier molecular flexibility index (Phi) is 4.80. The quantitative estimate of drug-likeness (QED) is 0.647. The normalized spacial score (nSPS) is 12.4. The van der Waals surface area contributed by atoms with Crippen LogP contribution in [0.25, 0.3) is 0 Å². The van der Waals surface area contributed by atoms with Crippen molar-refractivity contribution in [2.24, 2.45) is 0 Å². The minimum Gasteiger partial charge on any atom is -0.355 e. The number of carbonyl (C=O) groups excluding carboxylic acids is 2. The second-order valence-electron chi connectivity index (χ2n) is 5.08. The molecule has 0 amide bonds. The summed E-state index contributed by atoms with van der Waals surface area (Å²) in [6.07, 6.45) is 0. The highest BCUT2D eigenvalue weighted by molar-refractivity contribution is 8.00. The van der Waals surface area contributed by atoms with Gasteiger partial charge < -0.3 is 4.98 Å². The third kappa shape index (κ3) is 2.96. The number of ketones is 2. The van der Waals surface area contributed by atoms with Crippen LogP contribution in [0.3, 0.4) is 0 Å². The van der Waals surface area contributed by atoms with E-state index < -0.39 is 0 Å². The molecule has 2 aromatic rings. The van der Waals surface area contributed by atoms with Gasteiger partial charge in [-0.1, -0.05) is 11.8 Å². The lowest BCUT2D eigenvalue weighted by molar-refractivity contribution is 0.0988. The molecule has 0 bridgehead atoms. The first kappa shape index (κ1) is 16.4. The van der Waals surface area contributed by atoms with Crippen molar-refractivity contribution < 1.29 is 9.59 Å². The summed E-state index contributed by atoms with van der Waals surface area (Å²) in [7, 11) is 0. The van der Waals surface area contributed by atoms with Crippen molar-refractivity contribution in [1.29, 1.82) is 0 Å². The summed E-state index contributed by atoms with van der Waals surface area (Å²) >= 11 is 1.31. The van der Waals surface area contributed by atoms with E-state index in [1.165, 1.54) is 18.7 Å². The first-order valence-electron chi connectivity index (χ1n) is 7.03. The Balaban J connectivity index is 2.25. The van der Waals surface area contributed by atoms with Gasteiger partial charge >= 0.3 is 0 Å². The maximum absolute atomic E-state index is 12.6.